The van der Waals surface area contributed by atoms with Crippen molar-refractivity contribution >= 4 is 11.6 Å². The second-order valence-corrected chi connectivity index (χ2v) is 3.22. The van der Waals surface area contributed by atoms with Crippen molar-refractivity contribution in [2.24, 2.45) is 0 Å². The molecule has 0 fully saturated rings. The summed E-state index contributed by atoms with van der Waals surface area (Å²) in [5, 5.41) is 8.91. The number of nitrogens with zero attached hydrogens (tertiary/aromatic N) is 3. The van der Waals surface area contributed by atoms with Crippen molar-refractivity contribution in [3.63, 3.8) is 0 Å². The number of nitrogen functional groups attached to an aromatic ring is 1. The van der Waals surface area contributed by atoms with E-state index in [1.54, 1.807) is 6.07 Å². The monoisotopic (exact) mass is 210 g/mol. The molecule has 0 spiro atoms. The Balaban J connectivity index is 2.95. The van der Waals surface area contributed by atoms with Crippen LogP contribution in [0.4, 0.5) is 11.6 Å². The fourth-order valence-corrected chi connectivity index (χ4v) is 1.38. The van der Waals surface area contributed by atoms with Crippen molar-refractivity contribution in [2.75, 3.05) is 30.3 Å². The molecule has 1 heterocycles. The number of aromatic nitrogens is 2. The van der Waals surface area contributed by atoms with E-state index in [0.29, 0.717) is 12.4 Å². The van der Waals surface area contributed by atoms with E-state index < -0.39 is 0 Å². The van der Waals surface area contributed by atoms with Crippen LogP contribution in [0.15, 0.2) is 6.07 Å². The highest BCUT2D eigenvalue weighted by atomic mass is 16.3. The third kappa shape index (κ3) is 3.06. The highest BCUT2D eigenvalue weighted by Crippen LogP contribution is 2.13. The lowest BCUT2D eigenvalue weighted by atomic mass is 10.4. The Morgan fingerprint density at radius 3 is 2.67 bits per heavy atom. The van der Waals surface area contributed by atoms with Gasteiger partial charge in [-0.3, -0.25) is 0 Å². The minimum Gasteiger partial charge on any atom is -0.395 e. The average molecular weight is 210 g/mol. The Morgan fingerprint density at radius 2 is 2.13 bits per heavy atom. The highest BCUT2D eigenvalue weighted by molar-refractivity contribution is 5.46. The molecule has 0 saturated carbocycles. The van der Waals surface area contributed by atoms with Crippen molar-refractivity contribution in [2.45, 2.75) is 20.3 Å². The second kappa shape index (κ2) is 5.50. The van der Waals surface area contributed by atoms with Crippen LogP contribution in [-0.4, -0.2) is 34.8 Å². The van der Waals surface area contributed by atoms with Crippen LogP contribution in [0.3, 0.4) is 0 Å². The molecule has 1 aromatic heterocycles. The number of likely N-dealkylation sites (N-methyl/N-ethyl adjacent to an activating group) is 1. The van der Waals surface area contributed by atoms with Crippen LogP contribution >= 0.6 is 0 Å². The molecule has 1 aromatic rings. The molecule has 0 unspecified atom stereocenters. The molecule has 0 saturated heterocycles. The Hall–Kier alpha value is -1.36. The first-order valence-electron chi connectivity index (χ1n) is 5.20. The van der Waals surface area contributed by atoms with Gasteiger partial charge in [0.1, 0.15) is 17.5 Å². The quantitative estimate of drug-likeness (QED) is 0.737. The van der Waals surface area contributed by atoms with E-state index in [9.17, 15) is 0 Å². The maximum absolute atomic E-state index is 8.91. The van der Waals surface area contributed by atoms with E-state index >= 15 is 0 Å². The van der Waals surface area contributed by atoms with Crippen LogP contribution in [0, 0.1) is 0 Å². The first-order chi connectivity index (χ1) is 7.21. The van der Waals surface area contributed by atoms with Gasteiger partial charge >= 0.3 is 0 Å². The van der Waals surface area contributed by atoms with Crippen molar-refractivity contribution in [1.82, 2.24) is 9.97 Å². The zero-order chi connectivity index (χ0) is 11.3. The summed E-state index contributed by atoms with van der Waals surface area (Å²) in [6.45, 7) is 5.47. The van der Waals surface area contributed by atoms with Gasteiger partial charge in [0.15, 0.2) is 0 Å². The van der Waals surface area contributed by atoms with E-state index in [1.807, 2.05) is 18.7 Å². The Morgan fingerprint density at radius 1 is 1.40 bits per heavy atom. The third-order valence-corrected chi connectivity index (χ3v) is 2.17. The summed E-state index contributed by atoms with van der Waals surface area (Å²) in [5.74, 6) is 2.01. The molecule has 5 heteroatoms. The fourth-order valence-electron chi connectivity index (χ4n) is 1.38. The minimum atomic E-state index is 0.110. The van der Waals surface area contributed by atoms with Gasteiger partial charge in [0.25, 0.3) is 0 Å². The average Bonchev–Trinajstić information content (AvgIpc) is 2.24. The molecular weight excluding hydrogens is 192 g/mol. The molecule has 0 aliphatic carbocycles. The number of hydrogen-bond acceptors (Lipinski definition) is 5. The number of aliphatic hydroxyl groups excluding tert-OH is 1. The van der Waals surface area contributed by atoms with Gasteiger partial charge in [-0.15, -0.1) is 0 Å². The zero-order valence-corrected chi connectivity index (χ0v) is 9.27. The molecule has 1 rings (SSSR count). The Kier molecular flexibility index (Phi) is 4.30. The summed E-state index contributed by atoms with van der Waals surface area (Å²) < 4.78 is 0. The summed E-state index contributed by atoms with van der Waals surface area (Å²) in [6.07, 6.45) is 0.759. The zero-order valence-electron chi connectivity index (χ0n) is 9.27. The predicted molar refractivity (Wildman–Crippen MR) is 60.8 cm³/mol. The lowest BCUT2D eigenvalue weighted by Crippen LogP contribution is -2.27. The van der Waals surface area contributed by atoms with Gasteiger partial charge in [0, 0.05) is 25.6 Å². The first-order valence-corrected chi connectivity index (χ1v) is 5.20. The van der Waals surface area contributed by atoms with Gasteiger partial charge in [-0.2, -0.15) is 0 Å². The molecule has 0 aliphatic rings. The number of aryl methyl sites for hydroxylation is 1. The molecule has 15 heavy (non-hydrogen) atoms. The molecule has 0 amide bonds. The van der Waals surface area contributed by atoms with Gasteiger partial charge in [-0.05, 0) is 6.92 Å². The first kappa shape index (κ1) is 11.7. The lowest BCUT2D eigenvalue weighted by Gasteiger charge is -2.21. The summed E-state index contributed by atoms with van der Waals surface area (Å²) in [5.41, 5.74) is 5.68. The largest absolute Gasteiger partial charge is 0.395 e. The van der Waals surface area contributed by atoms with Crippen LogP contribution in [-0.2, 0) is 6.42 Å². The van der Waals surface area contributed by atoms with Crippen LogP contribution < -0.4 is 10.6 Å². The van der Waals surface area contributed by atoms with Crippen LogP contribution in [0.1, 0.15) is 19.7 Å². The summed E-state index contributed by atoms with van der Waals surface area (Å²) in [7, 11) is 0. The molecular formula is C10H18N4O. The fraction of sp³-hybridized carbons (Fsp3) is 0.600. The van der Waals surface area contributed by atoms with Gasteiger partial charge in [0.05, 0.1) is 6.61 Å². The summed E-state index contributed by atoms with van der Waals surface area (Å²) in [6, 6.07) is 1.73. The number of nitrogens with two attached hydrogens (primary N) is 1. The second-order valence-electron chi connectivity index (χ2n) is 3.22. The van der Waals surface area contributed by atoms with Gasteiger partial charge in [-0.1, -0.05) is 6.92 Å². The standard InChI is InChI=1S/C10H18N4O/c1-3-9-12-8(11)7-10(13-9)14(4-2)5-6-15/h7,15H,3-6H2,1-2H3,(H2,11,12,13). The van der Waals surface area contributed by atoms with E-state index in [1.165, 1.54) is 0 Å². The van der Waals surface area contributed by atoms with Crippen molar-refractivity contribution < 1.29 is 5.11 Å². The molecule has 0 atom stereocenters. The Labute approximate surface area is 90.0 Å². The minimum absolute atomic E-state index is 0.110. The van der Waals surface area contributed by atoms with Gasteiger partial charge in [0.2, 0.25) is 0 Å². The summed E-state index contributed by atoms with van der Waals surface area (Å²) >= 11 is 0. The van der Waals surface area contributed by atoms with Crippen LogP contribution in [0.25, 0.3) is 0 Å². The Bertz CT molecular complexity index is 316. The maximum atomic E-state index is 8.91. The maximum Gasteiger partial charge on any atom is 0.134 e. The van der Waals surface area contributed by atoms with Gasteiger partial charge in [-0.25, -0.2) is 9.97 Å². The van der Waals surface area contributed by atoms with E-state index in [2.05, 4.69) is 9.97 Å². The number of rotatable bonds is 5. The predicted octanol–water partition coefficient (Wildman–Crippen LogP) is 0.440. The van der Waals surface area contributed by atoms with Crippen molar-refractivity contribution in [3.05, 3.63) is 11.9 Å². The molecule has 84 valence electrons. The van der Waals surface area contributed by atoms with Crippen LogP contribution in [0.5, 0.6) is 0 Å². The SMILES string of the molecule is CCc1nc(N)cc(N(CC)CCO)n1. The molecule has 0 aliphatic heterocycles. The van der Waals surface area contributed by atoms with Crippen molar-refractivity contribution in [1.29, 1.82) is 0 Å². The highest BCUT2D eigenvalue weighted by Gasteiger charge is 2.07. The lowest BCUT2D eigenvalue weighted by molar-refractivity contribution is 0.302. The molecule has 0 radical (unpaired) electrons. The normalized spacial score (nSPS) is 10.3. The van der Waals surface area contributed by atoms with Gasteiger partial charge < -0.3 is 15.7 Å². The topological polar surface area (TPSA) is 75.3 Å². The summed E-state index contributed by atoms with van der Waals surface area (Å²) in [4.78, 5) is 10.4. The number of anilines is 2. The molecule has 0 bridgehead atoms. The van der Waals surface area contributed by atoms with E-state index in [4.69, 9.17) is 10.8 Å². The third-order valence-electron chi connectivity index (χ3n) is 2.17. The smallest absolute Gasteiger partial charge is 0.134 e. The molecule has 3 N–H and O–H groups in total. The van der Waals surface area contributed by atoms with Crippen molar-refractivity contribution in [3.8, 4) is 0 Å². The molecule has 0 aromatic carbocycles. The molecule has 5 nitrogen and oxygen atoms in total. The van der Waals surface area contributed by atoms with E-state index in [0.717, 1.165) is 24.6 Å². The number of hydrogen-bond donors (Lipinski definition) is 2. The number of aliphatic hydroxyl groups is 1. The van der Waals surface area contributed by atoms with E-state index in [-0.39, 0.29) is 6.61 Å². The van der Waals surface area contributed by atoms with Crippen LogP contribution in [0.2, 0.25) is 0 Å².